The molecule has 0 radical (unpaired) electrons. The zero-order chi connectivity index (χ0) is 28.9. The van der Waals surface area contributed by atoms with Gasteiger partial charge in [-0.2, -0.15) is 11.8 Å². The number of carbonyl (C=O) groups is 5. The van der Waals surface area contributed by atoms with E-state index in [0.29, 0.717) is 17.0 Å². The standard InChI is InChI=1S/C24H32N6O8S/c1-39-7-6-17(22(35)30-19(24(37)38)8-13-2-4-15(31)5-3-13)28-23(36)18(9-14-11-26-12-27-14)29-21(34)16(25)10-20(32)33/h2-5,11-12,16-19,31H,6-10,25H2,1H3,(H,26,27)(H,28,36)(H,29,34)(H,30,35)(H,32,33)(H,37,38). The number of phenols is 1. The predicted octanol–water partition coefficient (Wildman–Crippen LogP) is -1.01. The number of rotatable bonds is 16. The third kappa shape index (κ3) is 10.6. The fourth-order valence-corrected chi connectivity index (χ4v) is 3.97. The molecule has 0 aliphatic carbocycles. The Morgan fingerprint density at radius 3 is 2.13 bits per heavy atom. The third-order valence-corrected chi connectivity index (χ3v) is 6.22. The van der Waals surface area contributed by atoms with Gasteiger partial charge in [-0.05, 0) is 36.1 Å². The van der Waals surface area contributed by atoms with Crippen molar-refractivity contribution >= 4 is 41.4 Å². The van der Waals surface area contributed by atoms with Gasteiger partial charge in [-0.15, -0.1) is 0 Å². The van der Waals surface area contributed by atoms with Crippen LogP contribution in [0.5, 0.6) is 5.75 Å². The Hall–Kier alpha value is -4.11. The van der Waals surface area contributed by atoms with Gasteiger partial charge < -0.3 is 42.0 Å². The summed E-state index contributed by atoms with van der Waals surface area (Å²) in [4.78, 5) is 68.2. The van der Waals surface area contributed by atoms with E-state index in [1.165, 1.54) is 48.6 Å². The maximum Gasteiger partial charge on any atom is 0.326 e. The second-order valence-corrected chi connectivity index (χ2v) is 9.64. The van der Waals surface area contributed by atoms with Crippen molar-refractivity contribution in [2.24, 2.45) is 5.73 Å². The first-order chi connectivity index (χ1) is 18.5. The summed E-state index contributed by atoms with van der Waals surface area (Å²) in [7, 11) is 0. The van der Waals surface area contributed by atoms with Crippen molar-refractivity contribution < 1.29 is 39.3 Å². The van der Waals surface area contributed by atoms with Crippen LogP contribution in [0, 0.1) is 0 Å². The largest absolute Gasteiger partial charge is 0.508 e. The highest BCUT2D eigenvalue weighted by molar-refractivity contribution is 7.98. The first kappa shape index (κ1) is 31.1. The maximum atomic E-state index is 13.2. The molecule has 0 saturated carbocycles. The Morgan fingerprint density at radius 1 is 0.949 bits per heavy atom. The van der Waals surface area contributed by atoms with Crippen LogP contribution in [0.1, 0.15) is 24.1 Å². The van der Waals surface area contributed by atoms with Gasteiger partial charge in [0.05, 0.1) is 18.8 Å². The number of phenolic OH excluding ortho intramolecular Hbond substituents is 1. The number of amides is 3. The van der Waals surface area contributed by atoms with Crippen LogP contribution in [-0.4, -0.2) is 91.1 Å². The van der Waals surface area contributed by atoms with Crippen LogP contribution in [0.2, 0.25) is 0 Å². The highest BCUT2D eigenvalue weighted by atomic mass is 32.2. The number of nitrogens with two attached hydrogens (primary N) is 1. The number of aliphatic carboxylic acids is 2. The second-order valence-electron chi connectivity index (χ2n) is 8.66. The number of thioether (sulfide) groups is 1. The number of carboxylic acid groups (broad SMARTS) is 2. The average molecular weight is 565 g/mol. The van der Waals surface area contributed by atoms with Crippen LogP contribution >= 0.6 is 11.8 Å². The van der Waals surface area contributed by atoms with Crippen LogP contribution in [0.25, 0.3) is 0 Å². The Labute approximate surface area is 228 Å². The molecule has 212 valence electrons. The molecule has 0 aliphatic heterocycles. The molecule has 2 aromatic rings. The molecular formula is C24H32N6O8S. The summed E-state index contributed by atoms with van der Waals surface area (Å²) in [5.74, 6) is -4.48. The van der Waals surface area contributed by atoms with Gasteiger partial charge in [-0.3, -0.25) is 19.2 Å². The van der Waals surface area contributed by atoms with Crippen molar-refractivity contribution in [3.63, 3.8) is 0 Å². The van der Waals surface area contributed by atoms with Gasteiger partial charge in [0, 0.05) is 24.7 Å². The van der Waals surface area contributed by atoms with E-state index in [1.807, 2.05) is 0 Å². The van der Waals surface area contributed by atoms with E-state index in [1.54, 1.807) is 6.26 Å². The lowest BCUT2D eigenvalue weighted by Gasteiger charge is -2.25. The Balaban J connectivity index is 2.18. The number of H-pyrrole nitrogens is 1. The lowest BCUT2D eigenvalue weighted by atomic mass is 10.0. The summed E-state index contributed by atoms with van der Waals surface area (Å²) < 4.78 is 0. The molecule has 1 aromatic heterocycles. The molecule has 0 bridgehead atoms. The lowest BCUT2D eigenvalue weighted by molar-refractivity contribution is -0.142. The van der Waals surface area contributed by atoms with Crippen LogP contribution < -0.4 is 21.7 Å². The Morgan fingerprint density at radius 2 is 1.56 bits per heavy atom. The van der Waals surface area contributed by atoms with Gasteiger partial charge in [0.1, 0.15) is 23.9 Å². The molecule has 14 nitrogen and oxygen atoms in total. The van der Waals surface area contributed by atoms with E-state index in [2.05, 4.69) is 25.9 Å². The molecule has 3 amide bonds. The van der Waals surface area contributed by atoms with Gasteiger partial charge in [-0.1, -0.05) is 12.1 Å². The molecule has 1 heterocycles. The number of carbonyl (C=O) groups excluding carboxylic acids is 3. The van der Waals surface area contributed by atoms with Crippen LogP contribution in [0.3, 0.4) is 0 Å². The topological polar surface area (TPSA) is 237 Å². The first-order valence-electron chi connectivity index (χ1n) is 11.9. The van der Waals surface area contributed by atoms with E-state index >= 15 is 0 Å². The van der Waals surface area contributed by atoms with E-state index in [-0.39, 0.29) is 25.0 Å². The van der Waals surface area contributed by atoms with Gasteiger partial charge in [0.15, 0.2) is 0 Å². The molecule has 15 heteroatoms. The summed E-state index contributed by atoms with van der Waals surface area (Å²) in [6.45, 7) is 0. The summed E-state index contributed by atoms with van der Waals surface area (Å²) in [5.41, 5.74) is 6.67. The van der Waals surface area contributed by atoms with Crippen molar-refractivity contribution in [1.82, 2.24) is 25.9 Å². The molecular weight excluding hydrogens is 532 g/mol. The van der Waals surface area contributed by atoms with Gasteiger partial charge in [0.25, 0.3) is 0 Å². The number of nitrogens with one attached hydrogen (secondary N) is 4. The quantitative estimate of drug-likeness (QED) is 0.123. The fraction of sp³-hybridized carbons (Fsp3) is 0.417. The predicted molar refractivity (Wildman–Crippen MR) is 141 cm³/mol. The van der Waals surface area contributed by atoms with Crippen molar-refractivity contribution in [1.29, 1.82) is 0 Å². The summed E-state index contributed by atoms with van der Waals surface area (Å²) in [6, 6.07) is 0.749. The van der Waals surface area contributed by atoms with Crippen LogP contribution in [0.4, 0.5) is 0 Å². The second kappa shape index (κ2) is 15.3. The molecule has 9 N–H and O–H groups in total. The minimum absolute atomic E-state index is 0.00944. The molecule has 0 fully saturated rings. The minimum Gasteiger partial charge on any atom is -0.508 e. The van der Waals surface area contributed by atoms with Crippen molar-refractivity contribution in [2.75, 3.05) is 12.0 Å². The fourth-order valence-electron chi connectivity index (χ4n) is 3.50. The lowest BCUT2D eigenvalue weighted by Crippen LogP contribution is -2.58. The number of hydrogen-bond donors (Lipinski definition) is 8. The normalized spacial score (nSPS) is 13.9. The number of aromatic hydroxyl groups is 1. The Kier molecular flexibility index (Phi) is 12.2. The highest BCUT2D eigenvalue weighted by Crippen LogP contribution is 2.12. The number of aromatic nitrogens is 2. The number of aromatic amines is 1. The average Bonchev–Trinajstić information content (AvgIpc) is 3.39. The number of carboxylic acids is 2. The minimum atomic E-state index is -1.41. The van der Waals surface area contributed by atoms with Crippen LogP contribution in [-0.2, 0) is 36.8 Å². The number of benzene rings is 1. The highest BCUT2D eigenvalue weighted by Gasteiger charge is 2.31. The zero-order valence-electron chi connectivity index (χ0n) is 21.1. The van der Waals surface area contributed by atoms with Crippen molar-refractivity contribution in [2.45, 2.75) is 49.9 Å². The molecule has 1 aromatic carbocycles. The number of imidazole rings is 1. The first-order valence-corrected chi connectivity index (χ1v) is 13.2. The zero-order valence-corrected chi connectivity index (χ0v) is 21.9. The number of hydrogen-bond acceptors (Lipinski definition) is 9. The van der Waals surface area contributed by atoms with E-state index < -0.39 is 60.2 Å². The van der Waals surface area contributed by atoms with Gasteiger partial charge in [-0.25, -0.2) is 9.78 Å². The summed E-state index contributed by atoms with van der Waals surface area (Å²) >= 11 is 1.41. The maximum absolute atomic E-state index is 13.2. The van der Waals surface area contributed by atoms with E-state index in [9.17, 15) is 34.2 Å². The molecule has 4 unspecified atom stereocenters. The van der Waals surface area contributed by atoms with Crippen molar-refractivity contribution in [3.8, 4) is 5.75 Å². The van der Waals surface area contributed by atoms with Crippen molar-refractivity contribution in [3.05, 3.63) is 48.0 Å². The Bertz CT molecular complexity index is 1130. The van der Waals surface area contributed by atoms with E-state index in [4.69, 9.17) is 10.8 Å². The molecule has 2 rings (SSSR count). The molecule has 0 saturated heterocycles. The number of nitrogens with zero attached hydrogens (tertiary/aromatic N) is 1. The van der Waals surface area contributed by atoms with E-state index in [0.717, 1.165) is 0 Å². The SMILES string of the molecule is CSCCC(NC(=O)C(Cc1cnc[nH]1)NC(=O)C(N)CC(=O)O)C(=O)NC(Cc1ccc(O)cc1)C(=O)O. The molecule has 39 heavy (non-hydrogen) atoms. The summed E-state index contributed by atoms with van der Waals surface area (Å²) in [5, 5.41) is 35.4. The molecule has 4 atom stereocenters. The monoisotopic (exact) mass is 564 g/mol. The molecule has 0 spiro atoms. The summed E-state index contributed by atoms with van der Waals surface area (Å²) in [6.07, 6.45) is 3.98. The van der Waals surface area contributed by atoms with Gasteiger partial charge in [0.2, 0.25) is 17.7 Å². The van der Waals surface area contributed by atoms with Gasteiger partial charge >= 0.3 is 11.9 Å². The molecule has 0 aliphatic rings. The van der Waals surface area contributed by atoms with Crippen LogP contribution in [0.15, 0.2) is 36.8 Å². The third-order valence-electron chi connectivity index (χ3n) is 5.58. The smallest absolute Gasteiger partial charge is 0.326 e.